The van der Waals surface area contributed by atoms with E-state index in [4.69, 9.17) is 25.8 Å². The normalized spacial score (nSPS) is 13.2. The van der Waals surface area contributed by atoms with Gasteiger partial charge in [0.25, 0.3) is 0 Å². The van der Waals surface area contributed by atoms with Crippen LogP contribution in [0.3, 0.4) is 0 Å². The predicted octanol–water partition coefficient (Wildman–Crippen LogP) is 3.26. The molecule has 0 aliphatic rings. The summed E-state index contributed by atoms with van der Waals surface area (Å²) in [6, 6.07) is 8.85. The Balaban J connectivity index is 1.67. The Labute approximate surface area is 240 Å². The van der Waals surface area contributed by atoms with Crippen LogP contribution in [0.1, 0.15) is 24.4 Å². The molecule has 0 aliphatic carbocycles. The molecule has 0 bridgehead atoms. The average Bonchev–Trinajstić information content (AvgIpc) is 3.56. The summed E-state index contributed by atoms with van der Waals surface area (Å²) in [4.78, 5) is 8.26. The lowest BCUT2D eigenvalue weighted by atomic mass is 10.2. The van der Waals surface area contributed by atoms with Crippen LogP contribution < -0.4 is 14.2 Å². The van der Waals surface area contributed by atoms with E-state index in [9.17, 15) is 8.42 Å². The van der Waals surface area contributed by atoms with Crippen LogP contribution in [0.5, 0.6) is 11.5 Å². The molecule has 2 atom stereocenters. The van der Waals surface area contributed by atoms with Crippen molar-refractivity contribution in [1.29, 1.82) is 0 Å². The van der Waals surface area contributed by atoms with E-state index in [1.807, 2.05) is 25.3 Å². The van der Waals surface area contributed by atoms with Crippen molar-refractivity contribution in [2.75, 3.05) is 26.1 Å². The van der Waals surface area contributed by atoms with Crippen LogP contribution >= 0.6 is 11.6 Å². The molecule has 5 rings (SSSR count). The zero-order valence-corrected chi connectivity index (χ0v) is 24.3. The van der Waals surface area contributed by atoms with Crippen molar-refractivity contribution < 1.29 is 22.6 Å². The minimum Gasteiger partial charge on any atom is -0.494 e. The largest absolute Gasteiger partial charge is 0.494 e. The summed E-state index contributed by atoms with van der Waals surface area (Å²) >= 11 is 5.90. The van der Waals surface area contributed by atoms with Gasteiger partial charge in [0, 0.05) is 25.7 Å². The van der Waals surface area contributed by atoms with Gasteiger partial charge in [0.05, 0.1) is 19.2 Å². The predicted molar refractivity (Wildman–Crippen MR) is 150 cm³/mol. The number of benzene rings is 1. The molecule has 5 aromatic rings. The number of nitrogens with one attached hydrogen (secondary N) is 1. The number of hydrogen-bond donors (Lipinski definition) is 1. The van der Waals surface area contributed by atoms with Gasteiger partial charge in [0.15, 0.2) is 11.5 Å². The molecule has 16 heteroatoms. The fraction of sp³-hybridized carbons (Fsp3) is 0.280. The van der Waals surface area contributed by atoms with E-state index < -0.39 is 21.4 Å². The molecule has 1 aromatic carbocycles. The first-order valence-corrected chi connectivity index (χ1v) is 14.1. The highest BCUT2D eigenvalue weighted by atomic mass is 35.5. The zero-order valence-electron chi connectivity index (χ0n) is 22.7. The molecule has 41 heavy (non-hydrogen) atoms. The number of halogens is 1. The average molecular weight is 600 g/mol. The number of rotatable bonds is 10. The van der Waals surface area contributed by atoms with Gasteiger partial charge in [-0.2, -0.15) is 0 Å². The van der Waals surface area contributed by atoms with Crippen LogP contribution in [-0.4, -0.2) is 74.3 Å². The van der Waals surface area contributed by atoms with Gasteiger partial charge >= 0.3 is 0 Å². The second-order valence-electron chi connectivity index (χ2n) is 8.92. The summed E-state index contributed by atoms with van der Waals surface area (Å²) in [5.74, 6) is 1.23. The van der Waals surface area contributed by atoms with Gasteiger partial charge in [-0.05, 0) is 37.6 Å². The number of para-hydroxylation sites is 1. The summed E-state index contributed by atoms with van der Waals surface area (Å²) in [7, 11) is 0.146. The molecule has 1 N–H and O–H groups in total. The zero-order chi connectivity index (χ0) is 29.3. The number of anilines is 1. The van der Waals surface area contributed by atoms with Crippen LogP contribution in [0, 0.1) is 6.92 Å². The highest BCUT2D eigenvalue weighted by Crippen LogP contribution is 2.38. The Morgan fingerprint density at radius 3 is 2.22 bits per heavy atom. The van der Waals surface area contributed by atoms with Gasteiger partial charge in [-0.1, -0.05) is 23.7 Å². The standard InChI is InChI=1S/C25H26ClN9O5S/c1-14-9-10-19-29-30-23(34(19)13-14)24-31-32-25(35(24)20-17(38-3)7-6-8-18(20)39-4)33-41(36,37)15(2)21(40-5)22-27-11-16(26)12-28-22/h6-13,15,21H,1-5H3,(H,32,33)/t15-,21-/m0/s1. The maximum absolute atomic E-state index is 13.7. The van der Waals surface area contributed by atoms with Crippen molar-refractivity contribution in [2.45, 2.75) is 25.2 Å². The van der Waals surface area contributed by atoms with Gasteiger partial charge < -0.3 is 14.2 Å². The summed E-state index contributed by atoms with van der Waals surface area (Å²) in [6.07, 6.45) is 3.54. The van der Waals surface area contributed by atoms with E-state index in [1.165, 1.54) is 45.2 Å². The number of sulfonamides is 1. The molecule has 0 saturated carbocycles. The third kappa shape index (κ3) is 5.26. The first-order valence-electron chi connectivity index (χ1n) is 12.2. The molecular formula is C25H26ClN9O5S. The first-order chi connectivity index (χ1) is 19.7. The molecular weight excluding hydrogens is 574 g/mol. The maximum Gasteiger partial charge on any atom is 0.243 e. The van der Waals surface area contributed by atoms with E-state index in [0.29, 0.717) is 33.7 Å². The lowest BCUT2D eigenvalue weighted by Gasteiger charge is -2.22. The van der Waals surface area contributed by atoms with Gasteiger partial charge in [0.2, 0.25) is 27.6 Å². The Bertz CT molecular complexity index is 1790. The second-order valence-corrected chi connectivity index (χ2v) is 11.4. The lowest BCUT2D eigenvalue weighted by Crippen LogP contribution is -2.33. The number of hydrogen-bond acceptors (Lipinski definition) is 11. The van der Waals surface area contributed by atoms with Crippen LogP contribution in [0.15, 0.2) is 48.9 Å². The maximum atomic E-state index is 13.7. The summed E-state index contributed by atoms with van der Waals surface area (Å²) in [5.41, 5.74) is 1.86. The number of nitrogens with zero attached hydrogens (tertiary/aromatic N) is 8. The third-order valence-electron chi connectivity index (χ3n) is 6.34. The summed E-state index contributed by atoms with van der Waals surface area (Å²) < 4.78 is 49.9. The molecule has 4 heterocycles. The number of pyridine rings is 1. The van der Waals surface area contributed by atoms with Crippen molar-refractivity contribution >= 4 is 33.2 Å². The molecule has 0 amide bonds. The molecule has 4 aromatic heterocycles. The van der Waals surface area contributed by atoms with Crippen molar-refractivity contribution in [3.8, 4) is 28.8 Å². The molecule has 0 radical (unpaired) electrons. The number of methoxy groups -OCH3 is 3. The van der Waals surface area contributed by atoms with E-state index in [1.54, 1.807) is 22.6 Å². The number of fused-ring (bicyclic) bond motifs is 1. The minimum atomic E-state index is -4.19. The summed E-state index contributed by atoms with van der Waals surface area (Å²) in [5, 5.41) is 16.2. The highest BCUT2D eigenvalue weighted by molar-refractivity contribution is 7.93. The van der Waals surface area contributed by atoms with Gasteiger partial charge in [-0.3, -0.25) is 13.7 Å². The van der Waals surface area contributed by atoms with Crippen molar-refractivity contribution in [3.63, 3.8) is 0 Å². The van der Waals surface area contributed by atoms with Crippen LogP contribution in [0.25, 0.3) is 23.0 Å². The van der Waals surface area contributed by atoms with Crippen LogP contribution in [0.2, 0.25) is 5.02 Å². The molecule has 0 aliphatic heterocycles. The topological polar surface area (TPSA) is 161 Å². The second kappa shape index (κ2) is 11.3. The fourth-order valence-electron chi connectivity index (χ4n) is 4.27. The SMILES string of the molecule is COc1cccc(OC)c1-n1c(NS(=O)(=O)[C@@H](C)[C@H](OC)c2ncc(Cl)cn2)nnc1-c1nnc2ccc(C)cn12. The third-order valence-corrected chi connectivity index (χ3v) is 8.23. The van der Waals surface area contributed by atoms with Gasteiger partial charge in [-0.15, -0.1) is 20.4 Å². The van der Waals surface area contributed by atoms with Crippen LogP contribution in [0.4, 0.5) is 5.95 Å². The molecule has 0 fully saturated rings. The van der Waals surface area contributed by atoms with Gasteiger partial charge in [-0.25, -0.2) is 18.4 Å². The van der Waals surface area contributed by atoms with Crippen LogP contribution in [-0.2, 0) is 14.8 Å². The minimum absolute atomic E-state index is 0.147. The molecule has 0 saturated heterocycles. The van der Waals surface area contributed by atoms with Crippen molar-refractivity contribution in [1.82, 2.24) is 39.3 Å². The van der Waals surface area contributed by atoms with E-state index >= 15 is 0 Å². The Morgan fingerprint density at radius 2 is 1.59 bits per heavy atom. The van der Waals surface area contributed by atoms with Crippen molar-refractivity contribution in [3.05, 3.63) is 65.3 Å². The number of aromatic nitrogens is 8. The molecule has 0 spiro atoms. The van der Waals surface area contributed by atoms with E-state index in [2.05, 4.69) is 35.1 Å². The van der Waals surface area contributed by atoms with Crippen molar-refractivity contribution in [2.24, 2.45) is 0 Å². The van der Waals surface area contributed by atoms with E-state index in [-0.39, 0.29) is 17.6 Å². The van der Waals surface area contributed by atoms with Gasteiger partial charge in [0.1, 0.15) is 28.5 Å². The Kier molecular flexibility index (Phi) is 7.75. The quantitative estimate of drug-likeness (QED) is 0.251. The lowest BCUT2D eigenvalue weighted by molar-refractivity contribution is 0.0950. The first kappa shape index (κ1) is 28.2. The molecule has 14 nitrogen and oxygen atoms in total. The highest BCUT2D eigenvalue weighted by Gasteiger charge is 2.35. The molecule has 0 unspecified atom stereocenters. The number of aryl methyl sites for hydroxylation is 1. The Hall–Kier alpha value is -4.34. The molecule has 214 valence electrons. The smallest absolute Gasteiger partial charge is 0.243 e. The van der Waals surface area contributed by atoms with E-state index in [0.717, 1.165) is 5.56 Å². The monoisotopic (exact) mass is 599 g/mol. The fourth-order valence-corrected chi connectivity index (χ4v) is 5.50. The summed E-state index contributed by atoms with van der Waals surface area (Å²) in [6.45, 7) is 3.39. The number of ether oxygens (including phenoxy) is 3. The Morgan fingerprint density at radius 1 is 0.927 bits per heavy atom.